The van der Waals surface area contributed by atoms with Crippen LogP contribution in [0.3, 0.4) is 0 Å². The molecule has 2 nitrogen and oxygen atoms in total. The summed E-state index contributed by atoms with van der Waals surface area (Å²) in [5.41, 5.74) is 3.33. The number of alkyl halides is 1. The van der Waals surface area contributed by atoms with Crippen LogP contribution >= 0.6 is 15.9 Å². The molecule has 2 heterocycles. The second-order valence-corrected chi connectivity index (χ2v) is 3.40. The number of hydrogen-bond acceptors (Lipinski definition) is 1. The van der Waals surface area contributed by atoms with Crippen molar-refractivity contribution in [2.45, 2.75) is 12.3 Å². The van der Waals surface area contributed by atoms with Crippen LogP contribution in [0, 0.1) is 6.92 Å². The van der Waals surface area contributed by atoms with Crippen molar-refractivity contribution in [1.29, 1.82) is 0 Å². The van der Waals surface area contributed by atoms with E-state index in [0.29, 0.717) is 0 Å². The van der Waals surface area contributed by atoms with Crippen molar-refractivity contribution in [3.05, 3.63) is 35.8 Å². The van der Waals surface area contributed by atoms with Crippen LogP contribution in [-0.2, 0) is 5.33 Å². The minimum absolute atomic E-state index is 0.813. The fourth-order valence-electron chi connectivity index (χ4n) is 1.20. The van der Waals surface area contributed by atoms with Gasteiger partial charge in [0.05, 0.1) is 5.69 Å². The standard InChI is InChI=1S/C9H9BrN2/c1-7-2-3-12-6-8(5-10)11-9(12)4-7/h2-4,6H,5H2,1H3. The number of nitrogens with zero attached hydrogens (tertiary/aromatic N) is 2. The van der Waals surface area contributed by atoms with Crippen molar-refractivity contribution in [3.8, 4) is 0 Å². The maximum atomic E-state index is 4.41. The van der Waals surface area contributed by atoms with E-state index in [1.165, 1.54) is 5.56 Å². The molecule has 2 aromatic heterocycles. The number of rotatable bonds is 1. The molecule has 12 heavy (non-hydrogen) atoms. The average molecular weight is 225 g/mol. The summed E-state index contributed by atoms with van der Waals surface area (Å²) in [6.07, 6.45) is 4.06. The third kappa shape index (κ3) is 1.25. The summed E-state index contributed by atoms with van der Waals surface area (Å²) in [5.74, 6) is 0. The van der Waals surface area contributed by atoms with E-state index in [-0.39, 0.29) is 0 Å². The minimum atomic E-state index is 0.813. The van der Waals surface area contributed by atoms with E-state index >= 15 is 0 Å². The van der Waals surface area contributed by atoms with Crippen molar-refractivity contribution in [3.63, 3.8) is 0 Å². The highest BCUT2D eigenvalue weighted by Gasteiger charge is 1.98. The van der Waals surface area contributed by atoms with E-state index < -0.39 is 0 Å². The summed E-state index contributed by atoms with van der Waals surface area (Å²) < 4.78 is 2.03. The van der Waals surface area contributed by atoms with E-state index in [2.05, 4.69) is 40.0 Å². The molecule has 0 unspecified atom stereocenters. The van der Waals surface area contributed by atoms with E-state index in [1.54, 1.807) is 0 Å². The van der Waals surface area contributed by atoms with E-state index in [1.807, 2.05) is 16.8 Å². The zero-order valence-electron chi connectivity index (χ0n) is 6.79. The zero-order chi connectivity index (χ0) is 8.55. The number of aryl methyl sites for hydroxylation is 1. The van der Waals surface area contributed by atoms with Crippen LogP contribution in [0.5, 0.6) is 0 Å². The molecule has 3 heteroatoms. The molecule has 62 valence electrons. The van der Waals surface area contributed by atoms with Crippen LogP contribution < -0.4 is 0 Å². The number of fused-ring (bicyclic) bond motifs is 1. The minimum Gasteiger partial charge on any atom is -0.307 e. The Hall–Kier alpha value is -0.830. The molecule has 2 rings (SSSR count). The molecule has 0 aliphatic carbocycles. The number of aromatic nitrogens is 2. The SMILES string of the molecule is Cc1ccn2cc(CBr)nc2c1. The van der Waals surface area contributed by atoms with Gasteiger partial charge in [-0.05, 0) is 24.6 Å². The molecule has 0 amide bonds. The monoisotopic (exact) mass is 224 g/mol. The molecule has 0 N–H and O–H groups in total. The van der Waals surface area contributed by atoms with Crippen LogP contribution in [0.1, 0.15) is 11.3 Å². The first kappa shape index (κ1) is 7.80. The molecular formula is C9H9BrN2. The lowest BCUT2D eigenvalue weighted by atomic mass is 10.3. The fraction of sp³-hybridized carbons (Fsp3) is 0.222. The molecule has 0 saturated carbocycles. The first-order chi connectivity index (χ1) is 5.79. The van der Waals surface area contributed by atoms with Crippen molar-refractivity contribution in [1.82, 2.24) is 9.38 Å². The summed E-state index contributed by atoms with van der Waals surface area (Å²) in [6, 6.07) is 4.15. The maximum Gasteiger partial charge on any atom is 0.137 e. The highest BCUT2D eigenvalue weighted by molar-refractivity contribution is 9.08. The van der Waals surface area contributed by atoms with Gasteiger partial charge in [-0.25, -0.2) is 4.98 Å². The van der Waals surface area contributed by atoms with Gasteiger partial charge in [-0.3, -0.25) is 0 Å². The van der Waals surface area contributed by atoms with Crippen molar-refractivity contribution >= 4 is 21.6 Å². The summed E-state index contributed by atoms with van der Waals surface area (Å²) in [7, 11) is 0. The van der Waals surface area contributed by atoms with Crippen LogP contribution in [0.4, 0.5) is 0 Å². The highest BCUT2D eigenvalue weighted by atomic mass is 79.9. The second kappa shape index (κ2) is 2.90. The van der Waals surface area contributed by atoms with Gasteiger partial charge in [0.2, 0.25) is 0 Å². The largest absolute Gasteiger partial charge is 0.307 e. The highest BCUT2D eigenvalue weighted by Crippen LogP contribution is 2.09. The Labute approximate surface area is 79.4 Å². The predicted molar refractivity (Wildman–Crippen MR) is 52.6 cm³/mol. The Morgan fingerprint density at radius 1 is 1.58 bits per heavy atom. The topological polar surface area (TPSA) is 17.3 Å². The Kier molecular flexibility index (Phi) is 1.89. The first-order valence-corrected chi connectivity index (χ1v) is 4.92. The number of pyridine rings is 1. The van der Waals surface area contributed by atoms with Crippen LogP contribution in [0.25, 0.3) is 5.65 Å². The number of halogens is 1. The average Bonchev–Trinajstić information content (AvgIpc) is 2.46. The van der Waals surface area contributed by atoms with Crippen molar-refractivity contribution < 1.29 is 0 Å². The zero-order valence-corrected chi connectivity index (χ0v) is 8.37. The van der Waals surface area contributed by atoms with Crippen LogP contribution in [-0.4, -0.2) is 9.38 Å². The quantitative estimate of drug-likeness (QED) is 0.681. The third-order valence-electron chi connectivity index (χ3n) is 1.80. The molecule has 0 saturated heterocycles. The summed E-state index contributed by atoms with van der Waals surface area (Å²) >= 11 is 3.38. The summed E-state index contributed by atoms with van der Waals surface area (Å²) in [4.78, 5) is 4.41. The van der Waals surface area contributed by atoms with E-state index in [4.69, 9.17) is 0 Å². The van der Waals surface area contributed by atoms with Gasteiger partial charge in [-0.1, -0.05) is 15.9 Å². The first-order valence-electron chi connectivity index (χ1n) is 3.80. The Morgan fingerprint density at radius 3 is 3.17 bits per heavy atom. The van der Waals surface area contributed by atoms with Gasteiger partial charge in [0.1, 0.15) is 5.65 Å². The third-order valence-corrected chi connectivity index (χ3v) is 2.38. The lowest BCUT2D eigenvalue weighted by molar-refractivity contribution is 1.17. The number of hydrogen-bond donors (Lipinski definition) is 0. The van der Waals surface area contributed by atoms with Crippen LogP contribution in [0.15, 0.2) is 24.5 Å². The molecule has 0 atom stereocenters. The normalized spacial score (nSPS) is 10.8. The fourth-order valence-corrected chi connectivity index (χ4v) is 1.47. The Bertz CT molecular complexity index is 406. The molecule has 0 aliphatic heterocycles. The van der Waals surface area contributed by atoms with Crippen molar-refractivity contribution in [2.24, 2.45) is 0 Å². The summed E-state index contributed by atoms with van der Waals surface area (Å²) in [5, 5.41) is 0.813. The molecule has 0 radical (unpaired) electrons. The lowest BCUT2D eigenvalue weighted by Gasteiger charge is -1.92. The molecule has 0 aromatic carbocycles. The van der Waals surface area contributed by atoms with Gasteiger partial charge in [0.25, 0.3) is 0 Å². The molecular weight excluding hydrogens is 216 g/mol. The number of imidazole rings is 1. The van der Waals surface area contributed by atoms with Gasteiger partial charge >= 0.3 is 0 Å². The Balaban J connectivity index is 2.67. The smallest absolute Gasteiger partial charge is 0.137 e. The second-order valence-electron chi connectivity index (χ2n) is 2.84. The van der Waals surface area contributed by atoms with Gasteiger partial charge in [0, 0.05) is 17.7 Å². The Morgan fingerprint density at radius 2 is 2.42 bits per heavy atom. The predicted octanol–water partition coefficient (Wildman–Crippen LogP) is 2.54. The molecule has 0 fully saturated rings. The van der Waals surface area contributed by atoms with Gasteiger partial charge in [0.15, 0.2) is 0 Å². The van der Waals surface area contributed by atoms with E-state index in [0.717, 1.165) is 16.7 Å². The van der Waals surface area contributed by atoms with E-state index in [9.17, 15) is 0 Å². The van der Waals surface area contributed by atoms with Gasteiger partial charge in [-0.15, -0.1) is 0 Å². The van der Waals surface area contributed by atoms with Crippen LogP contribution in [0.2, 0.25) is 0 Å². The van der Waals surface area contributed by atoms with Crippen molar-refractivity contribution in [2.75, 3.05) is 0 Å². The summed E-state index contributed by atoms with van der Waals surface area (Å²) in [6.45, 7) is 2.07. The molecule has 0 bridgehead atoms. The molecule has 0 aliphatic rings. The lowest BCUT2D eigenvalue weighted by Crippen LogP contribution is -1.81. The maximum absolute atomic E-state index is 4.41. The molecule has 0 spiro atoms. The van der Waals surface area contributed by atoms with Gasteiger partial charge in [-0.2, -0.15) is 0 Å². The molecule has 2 aromatic rings. The van der Waals surface area contributed by atoms with Gasteiger partial charge < -0.3 is 4.40 Å².